The Balaban J connectivity index is 2.58. The summed E-state index contributed by atoms with van der Waals surface area (Å²) in [5.74, 6) is 0.0572. The summed E-state index contributed by atoms with van der Waals surface area (Å²) in [4.78, 5) is 0. The largest absolute Gasteiger partial charge is 0.378 e. The van der Waals surface area contributed by atoms with Gasteiger partial charge in [0.05, 0.1) is 18.5 Å². The van der Waals surface area contributed by atoms with Crippen LogP contribution in [0.2, 0.25) is 0 Å². The van der Waals surface area contributed by atoms with Crippen molar-refractivity contribution in [3.05, 3.63) is 0 Å². The fourth-order valence-electron chi connectivity index (χ4n) is 2.37. The monoisotopic (exact) mass is 278 g/mol. The van der Waals surface area contributed by atoms with Gasteiger partial charge >= 0.3 is 0 Å². The molecule has 0 aliphatic heterocycles. The van der Waals surface area contributed by atoms with Crippen LogP contribution in [0.4, 0.5) is 0 Å². The van der Waals surface area contributed by atoms with Crippen LogP contribution in [0.25, 0.3) is 0 Å². The molecule has 108 valence electrons. The highest BCUT2D eigenvalue weighted by atomic mass is 32.2. The minimum absolute atomic E-state index is 0.0572. The third kappa shape index (κ3) is 4.84. The third-order valence-electron chi connectivity index (χ3n) is 3.23. The molecule has 0 radical (unpaired) electrons. The summed E-state index contributed by atoms with van der Waals surface area (Å²) in [6.45, 7) is 4.87. The van der Waals surface area contributed by atoms with Crippen LogP contribution in [0.5, 0.6) is 0 Å². The molecule has 0 spiro atoms. The predicted octanol–water partition coefficient (Wildman–Crippen LogP) is 0.945. The van der Waals surface area contributed by atoms with Crippen LogP contribution in [0.15, 0.2) is 0 Å². The summed E-state index contributed by atoms with van der Waals surface area (Å²) in [5, 5.41) is 0. The lowest BCUT2D eigenvalue weighted by molar-refractivity contribution is 0.0905. The molecule has 2 N–H and O–H groups in total. The van der Waals surface area contributed by atoms with Gasteiger partial charge in [-0.25, -0.2) is 8.42 Å². The number of sulfonamides is 1. The van der Waals surface area contributed by atoms with E-state index in [0.717, 1.165) is 25.7 Å². The Bertz CT molecular complexity index is 324. The Kier molecular flexibility index (Phi) is 6.55. The molecule has 0 aromatic rings. The summed E-state index contributed by atoms with van der Waals surface area (Å²) in [6, 6.07) is 0.151. The highest BCUT2D eigenvalue weighted by Crippen LogP contribution is 2.25. The van der Waals surface area contributed by atoms with E-state index in [9.17, 15) is 8.42 Å². The first kappa shape index (κ1) is 15.9. The van der Waals surface area contributed by atoms with Gasteiger partial charge < -0.3 is 10.5 Å². The van der Waals surface area contributed by atoms with Crippen LogP contribution in [0.3, 0.4) is 0 Å². The number of nitrogens with zero attached hydrogens (tertiary/aromatic N) is 1. The maximum Gasteiger partial charge on any atom is 0.216 e. The summed E-state index contributed by atoms with van der Waals surface area (Å²) in [5.41, 5.74) is 5.53. The summed E-state index contributed by atoms with van der Waals surface area (Å²) >= 11 is 0. The van der Waals surface area contributed by atoms with Gasteiger partial charge in [-0.1, -0.05) is 12.8 Å². The second-order valence-electron chi connectivity index (χ2n) is 5.07. The summed E-state index contributed by atoms with van der Waals surface area (Å²) in [6.07, 6.45) is 4.22. The molecule has 1 fully saturated rings. The molecule has 0 aromatic heterocycles. The van der Waals surface area contributed by atoms with E-state index in [-0.39, 0.29) is 24.5 Å². The molecule has 0 atom stereocenters. The SMILES string of the molecule is CC(C)OCCS(=O)(=O)N(CCN)C1CCCC1. The molecule has 1 aliphatic rings. The van der Waals surface area contributed by atoms with Crippen molar-refractivity contribution in [3.63, 3.8) is 0 Å². The van der Waals surface area contributed by atoms with Crippen LogP contribution in [0, 0.1) is 0 Å². The van der Waals surface area contributed by atoms with E-state index in [1.807, 2.05) is 13.8 Å². The van der Waals surface area contributed by atoms with Crippen LogP contribution in [-0.2, 0) is 14.8 Å². The molecule has 1 saturated carbocycles. The fraction of sp³-hybridized carbons (Fsp3) is 1.00. The molecular formula is C12H26N2O3S. The lowest BCUT2D eigenvalue weighted by Gasteiger charge is -2.27. The topological polar surface area (TPSA) is 72.6 Å². The number of nitrogens with two attached hydrogens (primary N) is 1. The minimum atomic E-state index is -3.24. The Labute approximate surface area is 111 Å². The van der Waals surface area contributed by atoms with Crippen molar-refractivity contribution >= 4 is 10.0 Å². The van der Waals surface area contributed by atoms with Gasteiger partial charge in [-0.15, -0.1) is 0 Å². The van der Waals surface area contributed by atoms with Crippen molar-refractivity contribution in [2.24, 2.45) is 5.73 Å². The van der Waals surface area contributed by atoms with E-state index in [4.69, 9.17) is 10.5 Å². The van der Waals surface area contributed by atoms with Gasteiger partial charge in [0.1, 0.15) is 0 Å². The number of hydrogen-bond acceptors (Lipinski definition) is 4. The smallest absolute Gasteiger partial charge is 0.216 e. The number of rotatable bonds is 8. The first-order valence-electron chi connectivity index (χ1n) is 6.78. The highest BCUT2D eigenvalue weighted by molar-refractivity contribution is 7.89. The fourth-order valence-corrected chi connectivity index (χ4v) is 3.96. The van der Waals surface area contributed by atoms with Crippen LogP contribution in [0.1, 0.15) is 39.5 Å². The average molecular weight is 278 g/mol. The van der Waals surface area contributed by atoms with Gasteiger partial charge in [0.25, 0.3) is 0 Å². The Morgan fingerprint density at radius 3 is 2.44 bits per heavy atom. The molecule has 0 unspecified atom stereocenters. The zero-order valence-corrected chi connectivity index (χ0v) is 12.3. The van der Waals surface area contributed by atoms with E-state index >= 15 is 0 Å². The molecule has 0 saturated heterocycles. The first-order valence-corrected chi connectivity index (χ1v) is 8.39. The molecule has 1 rings (SSSR count). The van der Waals surface area contributed by atoms with Crippen molar-refractivity contribution in [1.82, 2.24) is 4.31 Å². The average Bonchev–Trinajstić information content (AvgIpc) is 2.77. The second-order valence-corrected chi connectivity index (χ2v) is 7.11. The van der Waals surface area contributed by atoms with Crippen molar-refractivity contribution in [3.8, 4) is 0 Å². The molecule has 1 aliphatic carbocycles. The zero-order valence-electron chi connectivity index (χ0n) is 11.5. The quantitative estimate of drug-likeness (QED) is 0.717. The van der Waals surface area contributed by atoms with Crippen LogP contribution >= 0.6 is 0 Å². The normalized spacial score (nSPS) is 18.1. The molecular weight excluding hydrogens is 252 g/mol. The van der Waals surface area contributed by atoms with E-state index in [0.29, 0.717) is 13.1 Å². The lowest BCUT2D eigenvalue weighted by atomic mass is 10.2. The van der Waals surface area contributed by atoms with Gasteiger partial charge in [-0.2, -0.15) is 4.31 Å². The molecule has 6 heteroatoms. The maximum atomic E-state index is 12.3. The van der Waals surface area contributed by atoms with Crippen molar-refractivity contribution < 1.29 is 13.2 Å². The minimum Gasteiger partial charge on any atom is -0.378 e. The van der Waals surface area contributed by atoms with Crippen molar-refractivity contribution in [1.29, 1.82) is 0 Å². The molecule has 5 nitrogen and oxygen atoms in total. The van der Waals surface area contributed by atoms with Gasteiger partial charge in [0.2, 0.25) is 10.0 Å². The van der Waals surface area contributed by atoms with E-state index in [1.165, 1.54) is 0 Å². The lowest BCUT2D eigenvalue weighted by Crippen LogP contribution is -2.43. The summed E-state index contributed by atoms with van der Waals surface area (Å²) in [7, 11) is -3.24. The number of ether oxygens (including phenoxy) is 1. The number of hydrogen-bond donors (Lipinski definition) is 1. The van der Waals surface area contributed by atoms with Gasteiger partial charge in [-0.3, -0.25) is 0 Å². The molecule has 0 aromatic carbocycles. The molecule has 0 bridgehead atoms. The van der Waals surface area contributed by atoms with Crippen molar-refractivity contribution in [2.45, 2.75) is 51.7 Å². The Hall–Kier alpha value is -0.170. The first-order chi connectivity index (χ1) is 8.47. The summed E-state index contributed by atoms with van der Waals surface area (Å²) < 4.78 is 31.5. The van der Waals surface area contributed by atoms with Gasteiger partial charge in [-0.05, 0) is 26.7 Å². The van der Waals surface area contributed by atoms with E-state index in [2.05, 4.69) is 0 Å². The van der Waals surface area contributed by atoms with Crippen LogP contribution in [-0.4, -0.2) is 50.3 Å². The molecule has 18 heavy (non-hydrogen) atoms. The Morgan fingerprint density at radius 2 is 1.94 bits per heavy atom. The van der Waals surface area contributed by atoms with Crippen molar-refractivity contribution in [2.75, 3.05) is 25.4 Å². The maximum absolute atomic E-state index is 12.3. The van der Waals surface area contributed by atoms with Gasteiger partial charge in [0, 0.05) is 19.1 Å². The van der Waals surface area contributed by atoms with Crippen LogP contribution < -0.4 is 5.73 Å². The zero-order chi connectivity index (χ0) is 13.6. The molecule has 0 heterocycles. The standard InChI is InChI=1S/C12H26N2O3S/c1-11(2)17-9-10-18(15,16)14(8-7-13)12-5-3-4-6-12/h11-12H,3-10,13H2,1-2H3. The second kappa shape index (κ2) is 7.43. The highest BCUT2D eigenvalue weighted by Gasteiger charge is 2.31. The predicted molar refractivity (Wildman–Crippen MR) is 72.9 cm³/mol. The van der Waals surface area contributed by atoms with E-state index in [1.54, 1.807) is 4.31 Å². The molecule has 0 amide bonds. The van der Waals surface area contributed by atoms with Gasteiger partial charge in [0.15, 0.2) is 0 Å². The third-order valence-corrected chi connectivity index (χ3v) is 5.11. The van der Waals surface area contributed by atoms with E-state index < -0.39 is 10.0 Å². The Morgan fingerprint density at radius 1 is 1.33 bits per heavy atom.